The highest BCUT2D eigenvalue weighted by atomic mass is 35.5. The summed E-state index contributed by atoms with van der Waals surface area (Å²) in [6, 6.07) is 7.81. The number of aromatic carboxylic acids is 1. The average molecular weight is 594 g/mol. The molecular weight excluding hydrogens is 574 g/mol. The number of halogens is 3. The van der Waals surface area contributed by atoms with Gasteiger partial charge >= 0.3 is 13.6 Å². The van der Waals surface area contributed by atoms with Crippen LogP contribution in [-0.4, -0.2) is 49.5 Å². The van der Waals surface area contributed by atoms with E-state index in [0.29, 0.717) is 16.1 Å². The van der Waals surface area contributed by atoms with Gasteiger partial charge in [0.15, 0.2) is 5.16 Å². The number of methoxy groups -OCH3 is 2. The van der Waals surface area contributed by atoms with E-state index < -0.39 is 13.6 Å². The van der Waals surface area contributed by atoms with E-state index >= 15 is 0 Å². The molecule has 14 heteroatoms. The van der Waals surface area contributed by atoms with Crippen LogP contribution in [-0.2, 0) is 19.8 Å². The molecule has 1 aromatic heterocycles. The topological polar surface area (TPSA) is 117 Å². The molecule has 1 N–H and O–H groups in total. The standard InChI is InChI=1S/C22H20Cl3N2O7PS/c1-31-17-9-18(32-2)27-22(26-17)36-16-8-13(12-6-5-11(23)7-15(12)24)14(10-35(30,33-3)34-4)20(25)19(16)21(28)29/h5-9H,10H2,1-4H3,(H,28,29). The van der Waals surface area contributed by atoms with Gasteiger partial charge in [0.05, 0.1) is 37.0 Å². The summed E-state index contributed by atoms with van der Waals surface area (Å²) in [5.74, 6) is -0.894. The van der Waals surface area contributed by atoms with Crippen LogP contribution in [0.15, 0.2) is 40.4 Å². The quantitative estimate of drug-likeness (QED) is 0.195. The van der Waals surface area contributed by atoms with E-state index in [1.807, 2.05) is 0 Å². The fraction of sp³-hybridized carbons (Fsp3) is 0.227. The predicted molar refractivity (Wildman–Crippen MR) is 138 cm³/mol. The van der Waals surface area contributed by atoms with Crippen LogP contribution in [0.3, 0.4) is 0 Å². The van der Waals surface area contributed by atoms with Gasteiger partial charge in [-0.25, -0.2) is 4.79 Å². The third-order valence-corrected chi connectivity index (χ3v) is 8.64. The van der Waals surface area contributed by atoms with Crippen LogP contribution in [0.25, 0.3) is 11.1 Å². The molecule has 3 rings (SSSR count). The second-order valence-corrected chi connectivity index (χ2v) is 11.5. The molecule has 1 heterocycles. The van der Waals surface area contributed by atoms with Crippen molar-refractivity contribution >= 4 is 60.1 Å². The lowest BCUT2D eigenvalue weighted by Crippen LogP contribution is -2.07. The lowest BCUT2D eigenvalue weighted by Gasteiger charge is -2.21. The maximum absolute atomic E-state index is 13.0. The number of carbonyl (C=O) groups is 1. The number of hydrogen-bond donors (Lipinski definition) is 1. The summed E-state index contributed by atoms with van der Waals surface area (Å²) in [5, 5.41) is 10.7. The molecule has 0 aliphatic heterocycles. The summed E-state index contributed by atoms with van der Waals surface area (Å²) in [6.45, 7) is 0. The maximum atomic E-state index is 13.0. The molecule has 0 unspecified atom stereocenters. The van der Waals surface area contributed by atoms with E-state index in [1.54, 1.807) is 18.2 Å². The van der Waals surface area contributed by atoms with Gasteiger partial charge in [-0.15, -0.1) is 0 Å². The summed E-state index contributed by atoms with van der Waals surface area (Å²) in [6.07, 6.45) is -0.318. The summed E-state index contributed by atoms with van der Waals surface area (Å²) in [4.78, 5) is 21.0. The largest absolute Gasteiger partial charge is 0.481 e. The SMILES string of the molecule is COc1cc(OC)nc(Sc2cc(-c3ccc(Cl)cc3Cl)c(CP(=O)(OC)OC)c(Cl)c2C(=O)O)n1. The van der Waals surface area contributed by atoms with Gasteiger partial charge < -0.3 is 23.6 Å². The summed E-state index contributed by atoms with van der Waals surface area (Å²) >= 11 is 20.1. The molecule has 0 saturated heterocycles. The van der Waals surface area contributed by atoms with Crippen molar-refractivity contribution in [2.75, 3.05) is 28.4 Å². The Morgan fingerprint density at radius 3 is 2.08 bits per heavy atom. The molecule has 0 saturated carbocycles. The number of carboxylic acids is 1. The van der Waals surface area contributed by atoms with Crippen molar-refractivity contribution in [3.05, 3.63) is 56.5 Å². The minimum Gasteiger partial charge on any atom is -0.481 e. The molecule has 0 bridgehead atoms. The number of rotatable bonds is 10. The van der Waals surface area contributed by atoms with E-state index in [-0.39, 0.29) is 49.1 Å². The maximum Gasteiger partial charge on any atom is 0.338 e. The molecule has 192 valence electrons. The average Bonchev–Trinajstić information content (AvgIpc) is 2.85. The van der Waals surface area contributed by atoms with Crippen LogP contribution in [0.5, 0.6) is 11.8 Å². The van der Waals surface area contributed by atoms with Crippen molar-refractivity contribution in [1.82, 2.24) is 9.97 Å². The van der Waals surface area contributed by atoms with Crippen molar-refractivity contribution in [1.29, 1.82) is 0 Å². The van der Waals surface area contributed by atoms with E-state index in [2.05, 4.69) is 9.97 Å². The second-order valence-electron chi connectivity index (χ2n) is 6.99. The summed E-state index contributed by atoms with van der Waals surface area (Å²) < 4.78 is 33.6. The summed E-state index contributed by atoms with van der Waals surface area (Å²) in [7, 11) is 1.64. The highest BCUT2D eigenvalue weighted by Crippen LogP contribution is 2.54. The minimum atomic E-state index is -3.67. The molecule has 0 radical (unpaired) electrons. The fourth-order valence-corrected chi connectivity index (χ4v) is 6.25. The first kappa shape index (κ1) is 28.5. The molecule has 0 aliphatic carbocycles. The van der Waals surface area contributed by atoms with Gasteiger partial charge in [-0.3, -0.25) is 4.57 Å². The Kier molecular flexibility index (Phi) is 9.51. The highest BCUT2D eigenvalue weighted by Gasteiger charge is 2.30. The zero-order chi connectivity index (χ0) is 26.6. The first-order valence-corrected chi connectivity index (χ1v) is 13.6. The van der Waals surface area contributed by atoms with Crippen LogP contribution in [0, 0.1) is 0 Å². The zero-order valence-electron chi connectivity index (χ0n) is 19.4. The number of nitrogens with zero attached hydrogens (tertiary/aromatic N) is 2. The zero-order valence-corrected chi connectivity index (χ0v) is 23.4. The van der Waals surface area contributed by atoms with E-state index in [4.69, 9.17) is 53.3 Å². The smallest absolute Gasteiger partial charge is 0.338 e. The molecule has 36 heavy (non-hydrogen) atoms. The Morgan fingerprint density at radius 1 is 0.972 bits per heavy atom. The Bertz CT molecular complexity index is 1330. The third kappa shape index (κ3) is 6.26. The van der Waals surface area contributed by atoms with Gasteiger partial charge in [-0.2, -0.15) is 9.97 Å². The molecule has 0 aliphatic rings. The molecule has 9 nitrogen and oxygen atoms in total. The molecule has 0 spiro atoms. The summed E-state index contributed by atoms with van der Waals surface area (Å²) in [5.41, 5.74) is 0.825. The van der Waals surface area contributed by atoms with Crippen molar-refractivity contribution < 1.29 is 33.0 Å². The number of carboxylic acid groups (broad SMARTS) is 1. The Labute approximate surface area is 226 Å². The number of benzene rings is 2. The van der Waals surface area contributed by atoms with Crippen LogP contribution < -0.4 is 9.47 Å². The molecule has 2 aromatic carbocycles. The normalized spacial score (nSPS) is 11.4. The van der Waals surface area contributed by atoms with Crippen molar-refractivity contribution in [2.45, 2.75) is 16.2 Å². The molecule has 3 aromatic rings. The van der Waals surface area contributed by atoms with E-state index in [9.17, 15) is 14.5 Å². The minimum absolute atomic E-state index is 0.144. The Balaban J connectivity index is 2.32. The van der Waals surface area contributed by atoms with Gasteiger partial charge in [0.25, 0.3) is 0 Å². The van der Waals surface area contributed by atoms with Crippen LogP contribution >= 0.6 is 54.2 Å². The second kappa shape index (κ2) is 12.0. The first-order valence-electron chi connectivity index (χ1n) is 9.95. The van der Waals surface area contributed by atoms with Gasteiger partial charge in [0.2, 0.25) is 11.8 Å². The Morgan fingerprint density at radius 2 is 1.58 bits per heavy atom. The van der Waals surface area contributed by atoms with Crippen LogP contribution in [0.4, 0.5) is 0 Å². The molecule has 0 amide bonds. The van der Waals surface area contributed by atoms with E-state index in [0.717, 1.165) is 11.8 Å². The molecular formula is C22H20Cl3N2O7PS. The van der Waals surface area contributed by atoms with Gasteiger partial charge in [0, 0.05) is 34.7 Å². The van der Waals surface area contributed by atoms with Crippen molar-refractivity contribution in [2.24, 2.45) is 0 Å². The highest BCUT2D eigenvalue weighted by molar-refractivity contribution is 7.99. The van der Waals surface area contributed by atoms with Crippen molar-refractivity contribution in [3.63, 3.8) is 0 Å². The lowest BCUT2D eigenvalue weighted by molar-refractivity contribution is 0.0693. The number of ether oxygens (including phenoxy) is 2. The number of hydrogen-bond acceptors (Lipinski definition) is 9. The van der Waals surface area contributed by atoms with Crippen molar-refractivity contribution in [3.8, 4) is 22.9 Å². The molecule has 0 atom stereocenters. The van der Waals surface area contributed by atoms with Gasteiger partial charge in [-0.1, -0.05) is 40.9 Å². The first-order chi connectivity index (χ1) is 17.0. The van der Waals surface area contributed by atoms with E-state index in [1.165, 1.54) is 40.6 Å². The van der Waals surface area contributed by atoms with Gasteiger partial charge in [-0.05, 0) is 41.1 Å². The predicted octanol–water partition coefficient (Wildman–Crippen LogP) is 6.96. The monoisotopic (exact) mass is 592 g/mol. The third-order valence-electron chi connectivity index (χ3n) is 4.95. The number of aromatic nitrogens is 2. The Hall–Kier alpha value is -2.04. The lowest BCUT2D eigenvalue weighted by atomic mass is 9.98. The molecule has 0 fully saturated rings. The fourth-order valence-electron chi connectivity index (χ4n) is 3.18. The van der Waals surface area contributed by atoms with Crippen LogP contribution in [0.2, 0.25) is 15.1 Å². The van der Waals surface area contributed by atoms with Gasteiger partial charge in [0.1, 0.15) is 0 Å². The van der Waals surface area contributed by atoms with Crippen LogP contribution in [0.1, 0.15) is 15.9 Å².